The maximum Gasteiger partial charge on any atom is -0.00767 e. The summed E-state index contributed by atoms with van der Waals surface area (Å²) in [5.74, 6) is 0.655. The average Bonchev–Trinajstić information content (AvgIpc) is 1.93. The van der Waals surface area contributed by atoms with Crippen LogP contribution in [0, 0.1) is 5.92 Å². The summed E-state index contributed by atoms with van der Waals surface area (Å²) >= 11 is 0. The highest BCUT2D eigenvalue weighted by atomic mass is 14.1. The molecule has 0 heteroatoms. The van der Waals surface area contributed by atoms with E-state index in [0.29, 0.717) is 5.92 Å². The van der Waals surface area contributed by atoms with E-state index in [1.807, 2.05) is 0 Å². The molecule has 0 unspecified atom stereocenters. The summed E-state index contributed by atoms with van der Waals surface area (Å²) in [5, 5.41) is 0. The van der Waals surface area contributed by atoms with Crippen LogP contribution in [0.15, 0.2) is 23.3 Å². The van der Waals surface area contributed by atoms with E-state index >= 15 is 0 Å². The molecule has 0 N–H and O–H groups in total. The number of allylic oxidation sites excluding steroid dienone is 4. The summed E-state index contributed by atoms with van der Waals surface area (Å²) < 4.78 is 0. The van der Waals surface area contributed by atoms with Crippen LogP contribution in [0.2, 0.25) is 0 Å². The first-order valence-corrected chi connectivity index (χ1v) is 4.03. The zero-order valence-corrected chi connectivity index (χ0v) is 7.15. The van der Waals surface area contributed by atoms with Gasteiger partial charge in [0.05, 0.1) is 0 Å². The maximum atomic E-state index is 2.36. The molecule has 0 bridgehead atoms. The second kappa shape index (κ2) is 3.05. The highest BCUT2D eigenvalue weighted by Crippen LogP contribution is 2.19. The molecule has 10 heavy (non-hydrogen) atoms. The van der Waals surface area contributed by atoms with Crippen molar-refractivity contribution in [2.45, 2.75) is 33.6 Å². The quantitative estimate of drug-likeness (QED) is 0.448. The van der Waals surface area contributed by atoms with Crippen molar-refractivity contribution < 1.29 is 0 Å². The summed E-state index contributed by atoms with van der Waals surface area (Å²) in [6.07, 6.45) is 7.23. The molecule has 1 aliphatic rings. The Morgan fingerprint density at radius 3 is 1.90 bits per heavy atom. The third kappa shape index (κ3) is 2.02. The van der Waals surface area contributed by atoms with Gasteiger partial charge in [0.2, 0.25) is 0 Å². The van der Waals surface area contributed by atoms with E-state index in [1.165, 1.54) is 12.8 Å². The van der Waals surface area contributed by atoms with E-state index in [-0.39, 0.29) is 0 Å². The molecule has 0 fully saturated rings. The van der Waals surface area contributed by atoms with Crippen LogP contribution in [0.4, 0.5) is 0 Å². The van der Waals surface area contributed by atoms with Crippen LogP contribution in [-0.4, -0.2) is 0 Å². The lowest BCUT2D eigenvalue weighted by Crippen LogP contribution is -1.82. The molecule has 0 aromatic carbocycles. The first-order valence-electron chi connectivity index (χ1n) is 4.03. The van der Waals surface area contributed by atoms with Gasteiger partial charge in [-0.25, -0.2) is 0 Å². The predicted molar refractivity (Wildman–Crippen MR) is 45.9 cm³/mol. The largest absolute Gasteiger partial charge is 0.0790 e. The Morgan fingerprint density at radius 2 is 1.50 bits per heavy atom. The fraction of sp³-hybridized carbons (Fsp3) is 0.600. The van der Waals surface area contributed by atoms with Crippen molar-refractivity contribution in [3.8, 4) is 0 Å². The van der Waals surface area contributed by atoms with Gasteiger partial charge in [-0.2, -0.15) is 0 Å². The SMILES string of the molecule is CC1=CC(C)C=C(C)CC1. The minimum absolute atomic E-state index is 0.655. The molecule has 0 saturated carbocycles. The summed E-state index contributed by atoms with van der Waals surface area (Å²) in [6.45, 7) is 6.70. The Bertz CT molecular complexity index is 152. The summed E-state index contributed by atoms with van der Waals surface area (Å²) in [5.41, 5.74) is 3.08. The molecular weight excluding hydrogens is 120 g/mol. The van der Waals surface area contributed by atoms with Gasteiger partial charge in [0.1, 0.15) is 0 Å². The van der Waals surface area contributed by atoms with E-state index < -0.39 is 0 Å². The molecule has 0 radical (unpaired) electrons. The van der Waals surface area contributed by atoms with Crippen molar-refractivity contribution in [3.05, 3.63) is 23.3 Å². The van der Waals surface area contributed by atoms with E-state index in [9.17, 15) is 0 Å². The van der Waals surface area contributed by atoms with Crippen molar-refractivity contribution >= 4 is 0 Å². The molecule has 0 aliphatic heterocycles. The van der Waals surface area contributed by atoms with Gasteiger partial charge in [-0.05, 0) is 32.6 Å². The predicted octanol–water partition coefficient (Wildman–Crippen LogP) is 3.31. The molecule has 0 aromatic rings. The minimum atomic E-state index is 0.655. The van der Waals surface area contributed by atoms with Crippen molar-refractivity contribution in [1.82, 2.24) is 0 Å². The van der Waals surface area contributed by atoms with Crippen LogP contribution in [0.1, 0.15) is 33.6 Å². The maximum absolute atomic E-state index is 2.36. The lowest BCUT2D eigenvalue weighted by atomic mass is 10.1. The Labute approximate surface area is 63.6 Å². The standard InChI is InChI=1S/C10H16/c1-8-4-5-9(2)7-10(3)6-8/h6-7,10H,4-5H2,1-3H3. The van der Waals surface area contributed by atoms with E-state index in [1.54, 1.807) is 11.1 Å². The van der Waals surface area contributed by atoms with Gasteiger partial charge in [-0.3, -0.25) is 0 Å². The molecule has 56 valence electrons. The molecule has 1 rings (SSSR count). The highest BCUT2D eigenvalue weighted by Gasteiger charge is 2.02. The van der Waals surface area contributed by atoms with Gasteiger partial charge < -0.3 is 0 Å². The summed E-state index contributed by atoms with van der Waals surface area (Å²) in [6, 6.07) is 0. The second-order valence-electron chi connectivity index (χ2n) is 3.39. The van der Waals surface area contributed by atoms with Crippen LogP contribution in [0.3, 0.4) is 0 Å². The van der Waals surface area contributed by atoms with Gasteiger partial charge in [-0.15, -0.1) is 0 Å². The van der Waals surface area contributed by atoms with Crippen molar-refractivity contribution in [2.24, 2.45) is 5.92 Å². The van der Waals surface area contributed by atoms with Crippen LogP contribution in [-0.2, 0) is 0 Å². The van der Waals surface area contributed by atoms with Crippen molar-refractivity contribution in [3.63, 3.8) is 0 Å². The van der Waals surface area contributed by atoms with Gasteiger partial charge >= 0.3 is 0 Å². The molecule has 0 atom stereocenters. The lowest BCUT2D eigenvalue weighted by molar-refractivity contribution is 0.922. The first kappa shape index (κ1) is 7.59. The summed E-state index contributed by atoms with van der Waals surface area (Å²) in [4.78, 5) is 0. The van der Waals surface area contributed by atoms with Gasteiger partial charge in [-0.1, -0.05) is 30.2 Å². The molecule has 0 saturated heterocycles. The Hall–Kier alpha value is -0.520. The fourth-order valence-corrected chi connectivity index (χ4v) is 1.51. The van der Waals surface area contributed by atoms with E-state index in [2.05, 4.69) is 32.9 Å². The molecule has 0 nitrogen and oxygen atoms in total. The van der Waals surface area contributed by atoms with Crippen LogP contribution in [0.5, 0.6) is 0 Å². The Balaban J connectivity index is 2.70. The fourth-order valence-electron chi connectivity index (χ4n) is 1.51. The smallest absolute Gasteiger partial charge is 0.00767 e. The minimum Gasteiger partial charge on any atom is -0.0790 e. The first-order chi connectivity index (χ1) is 4.68. The molecule has 0 amide bonds. The van der Waals surface area contributed by atoms with E-state index in [4.69, 9.17) is 0 Å². The molecule has 1 aliphatic carbocycles. The normalized spacial score (nSPS) is 21.5. The second-order valence-corrected chi connectivity index (χ2v) is 3.39. The average molecular weight is 136 g/mol. The van der Waals surface area contributed by atoms with Crippen LogP contribution in [0.25, 0.3) is 0 Å². The van der Waals surface area contributed by atoms with Crippen molar-refractivity contribution in [1.29, 1.82) is 0 Å². The molecule has 0 heterocycles. The summed E-state index contributed by atoms with van der Waals surface area (Å²) in [7, 11) is 0. The van der Waals surface area contributed by atoms with Gasteiger partial charge in [0.15, 0.2) is 0 Å². The molecule has 0 spiro atoms. The zero-order valence-electron chi connectivity index (χ0n) is 7.15. The highest BCUT2D eigenvalue weighted by molar-refractivity contribution is 5.15. The number of rotatable bonds is 0. The topological polar surface area (TPSA) is 0 Å². The monoisotopic (exact) mass is 136 g/mol. The van der Waals surface area contributed by atoms with Crippen LogP contribution >= 0.6 is 0 Å². The third-order valence-corrected chi connectivity index (χ3v) is 2.01. The molecule has 0 aromatic heterocycles. The van der Waals surface area contributed by atoms with Crippen LogP contribution < -0.4 is 0 Å². The molecular formula is C10H16. The lowest BCUT2D eigenvalue weighted by Gasteiger charge is -1.96. The Morgan fingerprint density at radius 1 is 1.10 bits per heavy atom. The number of hydrogen-bond donors (Lipinski definition) is 0. The zero-order chi connectivity index (χ0) is 7.56. The van der Waals surface area contributed by atoms with Gasteiger partial charge in [0.25, 0.3) is 0 Å². The van der Waals surface area contributed by atoms with Crippen molar-refractivity contribution in [2.75, 3.05) is 0 Å². The Kier molecular flexibility index (Phi) is 2.31. The number of hydrogen-bond acceptors (Lipinski definition) is 0. The third-order valence-electron chi connectivity index (χ3n) is 2.01. The van der Waals surface area contributed by atoms with E-state index in [0.717, 1.165) is 0 Å². The van der Waals surface area contributed by atoms with Gasteiger partial charge in [0, 0.05) is 0 Å².